The van der Waals surface area contributed by atoms with Crippen LogP contribution in [0.2, 0.25) is 0 Å². The van der Waals surface area contributed by atoms with Crippen molar-refractivity contribution in [2.75, 3.05) is 11.9 Å². The number of halogens is 1. The van der Waals surface area contributed by atoms with Gasteiger partial charge in [0.15, 0.2) is 0 Å². The highest BCUT2D eigenvalue weighted by Gasteiger charge is 2.09. The van der Waals surface area contributed by atoms with Crippen LogP contribution in [0, 0.1) is 0 Å². The summed E-state index contributed by atoms with van der Waals surface area (Å²) in [7, 11) is 1.45. The highest BCUT2D eigenvalue weighted by Crippen LogP contribution is 2.14. The first-order valence-electron chi connectivity index (χ1n) is 3.68. The summed E-state index contributed by atoms with van der Waals surface area (Å²) in [5, 5.41) is 2.94. The van der Waals surface area contributed by atoms with Crippen LogP contribution in [0.3, 0.4) is 0 Å². The predicted octanol–water partition coefficient (Wildman–Crippen LogP) is 1.44. The molecule has 1 rings (SSSR count). The van der Waals surface area contributed by atoms with E-state index in [0.29, 0.717) is 5.82 Å². The van der Waals surface area contributed by atoms with Crippen molar-refractivity contribution in [3.05, 3.63) is 18.3 Å². The first-order valence-corrected chi connectivity index (χ1v) is 5.99. The van der Waals surface area contributed by atoms with Gasteiger partial charge in [-0.2, -0.15) is 0 Å². The Morgan fingerprint density at radius 3 is 2.62 bits per heavy atom. The van der Waals surface area contributed by atoms with Crippen molar-refractivity contribution < 1.29 is 8.42 Å². The van der Waals surface area contributed by atoms with Crippen LogP contribution in [0.4, 0.5) is 5.82 Å². The zero-order valence-corrected chi connectivity index (χ0v) is 8.56. The van der Waals surface area contributed by atoms with Crippen LogP contribution in [0.25, 0.3) is 0 Å². The molecule has 1 heterocycles. The third-order valence-corrected chi connectivity index (χ3v) is 2.71. The lowest BCUT2D eigenvalue weighted by Crippen LogP contribution is -1.99. The zero-order valence-electron chi connectivity index (χ0n) is 6.99. The average molecular weight is 221 g/mol. The smallest absolute Gasteiger partial charge is 0.262 e. The van der Waals surface area contributed by atoms with Crippen molar-refractivity contribution in [1.82, 2.24) is 4.98 Å². The number of nitrogens with zero attached hydrogens (tertiary/aromatic N) is 1. The van der Waals surface area contributed by atoms with E-state index >= 15 is 0 Å². The summed E-state index contributed by atoms with van der Waals surface area (Å²) < 4.78 is 21.6. The number of pyridine rings is 1. The molecule has 0 bridgehead atoms. The summed E-state index contributed by atoms with van der Waals surface area (Å²) in [6.45, 7) is 2.66. The molecule has 4 nitrogen and oxygen atoms in total. The molecular formula is C7H9ClN2O2S. The fourth-order valence-electron chi connectivity index (χ4n) is 0.810. The molecule has 0 aliphatic rings. The summed E-state index contributed by atoms with van der Waals surface area (Å²) in [4.78, 5) is 3.87. The van der Waals surface area contributed by atoms with Crippen molar-refractivity contribution >= 4 is 25.6 Å². The van der Waals surface area contributed by atoms with E-state index in [2.05, 4.69) is 10.3 Å². The third kappa shape index (κ3) is 2.86. The number of aromatic nitrogens is 1. The van der Waals surface area contributed by atoms with Gasteiger partial charge in [-0.25, -0.2) is 13.4 Å². The minimum Gasteiger partial charge on any atom is -0.370 e. The van der Waals surface area contributed by atoms with E-state index < -0.39 is 9.05 Å². The molecule has 1 aromatic heterocycles. The number of nitrogens with one attached hydrogen (secondary N) is 1. The number of anilines is 1. The number of rotatable bonds is 3. The predicted molar refractivity (Wildman–Crippen MR) is 51.4 cm³/mol. The van der Waals surface area contributed by atoms with Crippen molar-refractivity contribution in [3.63, 3.8) is 0 Å². The highest BCUT2D eigenvalue weighted by atomic mass is 35.7. The Morgan fingerprint density at radius 1 is 1.54 bits per heavy atom. The molecular weight excluding hydrogens is 212 g/mol. The summed E-state index contributed by atoms with van der Waals surface area (Å²) in [6, 6.07) is 2.98. The van der Waals surface area contributed by atoms with Crippen LogP contribution in [-0.4, -0.2) is 19.9 Å². The topological polar surface area (TPSA) is 59.1 Å². The van der Waals surface area contributed by atoms with Gasteiger partial charge >= 0.3 is 0 Å². The standard InChI is InChI=1S/C7H9ClN2O2S/c1-2-9-7-4-3-6(5-10-7)13(8,11)12/h3-5H,2H2,1H3,(H,9,10). The Labute approximate surface area is 81.4 Å². The molecule has 0 aliphatic heterocycles. The second-order valence-corrected chi connectivity index (χ2v) is 4.91. The molecule has 0 fully saturated rings. The van der Waals surface area contributed by atoms with Gasteiger partial charge in [-0.3, -0.25) is 0 Å². The van der Waals surface area contributed by atoms with Gasteiger partial charge in [0.25, 0.3) is 9.05 Å². The van der Waals surface area contributed by atoms with Crippen molar-refractivity contribution in [2.24, 2.45) is 0 Å². The lowest BCUT2D eigenvalue weighted by Gasteiger charge is -2.01. The zero-order chi connectivity index (χ0) is 9.90. The molecule has 1 N–H and O–H groups in total. The molecule has 0 aliphatic carbocycles. The molecule has 1 aromatic rings. The van der Waals surface area contributed by atoms with Gasteiger partial charge in [-0.05, 0) is 19.1 Å². The molecule has 0 radical (unpaired) electrons. The molecule has 0 unspecified atom stereocenters. The first-order chi connectivity index (χ1) is 6.04. The SMILES string of the molecule is CCNc1ccc(S(=O)(=O)Cl)cn1. The van der Waals surface area contributed by atoms with E-state index in [9.17, 15) is 8.42 Å². The Kier molecular flexibility index (Phi) is 3.11. The highest BCUT2D eigenvalue weighted by molar-refractivity contribution is 8.13. The maximum absolute atomic E-state index is 10.8. The van der Waals surface area contributed by atoms with Gasteiger partial charge in [0.2, 0.25) is 0 Å². The molecule has 0 atom stereocenters. The molecule has 0 amide bonds. The minimum atomic E-state index is -3.65. The molecule has 6 heteroatoms. The van der Waals surface area contributed by atoms with Crippen molar-refractivity contribution in [1.29, 1.82) is 0 Å². The van der Waals surface area contributed by atoms with Gasteiger partial charge in [-0.15, -0.1) is 0 Å². The normalized spacial score (nSPS) is 11.2. The maximum Gasteiger partial charge on any atom is 0.262 e. The fourth-order valence-corrected chi connectivity index (χ4v) is 1.49. The Hall–Kier alpha value is -0.810. The Balaban J connectivity index is 2.94. The van der Waals surface area contributed by atoms with E-state index in [-0.39, 0.29) is 4.90 Å². The lowest BCUT2D eigenvalue weighted by molar-refractivity contribution is 0.609. The van der Waals surface area contributed by atoms with Gasteiger partial charge < -0.3 is 5.32 Å². The van der Waals surface area contributed by atoms with Crippen LogP contribution in [0.15, 0.2) is 23.2 Å². The quantitative estimate of drug-likeness (QED) is 0.784. The van der Waals surface area contributed by atoms with E-state index in [0.717, 1.165) is 6.54 Å². The molecule has 0 aromatic carbocycles. The van der Waals surface area contributed by atoms with Gasteiger partial charge in [0.1, 0.15) is 10.7 Å². The van der Waals surface area contributed by atoms with Crippen LogP contribution in [-0.2, 0) is 9.05 Å². The van der Waals surface area contributed by atoms with Crippen LogP contribution < -0.4 is 5.32 Å². The summed E-state index contributed by atoms with van der Waals surface area (Å²) in [5.41, 5.74) is 0. The molecule has 0 spiro atoms. The third-order valence-electron chi connectivity index (χ3n) is 1.38. The number of hydrogen-bond acceptors (Lipinski definition) is 4. The second kappa shape index (κ2) is 3.93. The minimum absolute atomic E-state index is 0.0100. The van der Waals surface area contributed by atoms with E-state index in [1.54, 1.807) is 6.07 Å². The molecule has 0 saturated heterocycles. The molecule has 0 saturated carbocycles. The van der Waals surface area contributed by atoms with Gasteiger partial charge in [0, 0.05) is 23.4 Å². The monoisotopic (exact) mass is 220 g/mol. The summed E-state index contributed by atoms with van der Waals surface area (Å²) in [5.74, 6) is 0.631. The maximum atomic E-state index is 10.8. The second-order valence-electron chi connectivity index (χ2n) is 2.35. The first kappa shape index (κ1) is 10.3. The largest absolute Gasteiger partial charge is 0.370 e. The van der Waals surface area contributed by atoms with Gasteiger partial charge in [0.05, 0.1) is 0 Å². The van der Waals surface area contributed by atoms with Crippen LogP contribution in [0.1, 0.15) is 6.92 Å². The van der Waals surface area contributed by atoms with Crippen molar-refractivity contribution in [3.8, 4) is 0 Å². The fraction of sp³-hybridized carbons (Fsp3) is 0.286. The van der Waals surface area contributed by atoms with E-state index in [1.165, 1.54) is 12.3 Å². The van der Waals surface area contributed by atoms with Crippen molar-refractivity contribution in [2.45, 2.75) is 11.8 Å². The van der Waals surface area contributed by atoms with Crippen LogP contribution >= 0.6 is 10.7 Å². The molecule has 13 heavy (non-hydrogen) atoms. The van der Waals surface area contributed by atoms with E-state index in [1.807, 2.05) is 6.92 Å². The van der Waals surface area contributed by atoms with E-state index in [4.69, 9.17) is 10.7 Å². The molecule has 72 valence electrons. The van der Waals surface area contributed by atoms with Crippen LogP contribution in [0.5, 0.6) is 0 Å². The summed E-state index contributed by atoms with van der Waals surface area (Å²) >= 11 is 0. The Morgan fingerprint density at radius 2 is 2.23 bits per heavy atom. The van der Waals surface area contributed by atoms with Gasteiger partial charge in [-0.1, -0.05) is 0 Å². The Bertz CT molecular complexity index is 374. The lowest BCUT2D eigenvalue weighted by atomic mass is 10.4. The number of hydrogen-bond donors (Lipinski definition) is 1. The summed E-state index contributed by atoms with van der Waals surface area (Å²) in [6.07, 6.45) is 1.22. The average Bonchev–Trinajstić information content (AvgIpc) is 2.04.